The van der Waals surface area contributed by atoms with E-state index in [2.05, 4.69) is 19.6 Å². The third-order valence-electron chi connectivity index (χ3n) is 2.13. The SMILES string of the molecule is CCOC1=CC(=O)/C(=C/O[Si](C)(C)C)CC1. The van der Waals surface area contributed by atoms with Crippen LogP contribution >= 0.6 is 0 Å². The monoisotopic (exact) mass is 240 g/mol. The predicted molar refractivity (Wildman–Crippen MR) is 66.5 cm³/mol. The third kappa shape index (κ3) is 4.22. The van der Waals surface area contributed by atoms with Gasteiger partial charge in [-0.3, -0.25) is 4.79 Å². The van der Waals surface area contributed by atoms with E-state index in [1.165, 1.54) is 0 Å². The molecule has 0 N–H and O–H groups in total. The minimum absolute atomic E-state index is 0.0213. The number of carbonyl (C=O) groups excluding carboxylic acids is 1. The Bertz CT molecular complexity index is 324. The van der Waals surface area contributed by atoms with E-state index in [0.717, 1.165) is 24.2 Å². The molecular formula is C12H20O3Si. The molecule has 1 aliphatic rings. The van der Waals surface area contributed by atoms with Crippen LogP contribution in [0.4, 0.5) is 0 Å². The minimum atomic E-state index is -1.58. The summed E-state index contributed by atoms with van der Waals surface area (Å²) in [6.45, 7) is 8.82. The van der Waals surface area contributed by atoms with Crippen LogP contribution in [0.15, 0.2) is 23.7 Å². The first kappa shape index (κ1) is 13.0. The molecule has 0 aromatic heterocycles. The van der Waals surface area contributed by atoms with E-state index in [4.69, 9.17) is 9.16 Å². The second-order valence-corrected chi connectivity index (χ2v) is 9.24. The highest BCUT2D eigenvalue weighted by molar-refractivity contribution is 6.69. The van der Waals surface area contributed by atoms with Gasteiger partial charge in [-0.05, 0) is 33.0 Å². The van der Waals surface area contributed by atoms with Gasteiger partial charge in [-0.2, -0.15) is 0 Å². The summed E-state index contributed by atoms with van der Waals surface area (Å²) in [7, 11) is -1.58. The highest BCUT2D eigenvalue weighted by atomic mass is 28.4. The number of rotatable bonds is 4. The molecule has 0 saturated heterocycles. The molecule has 0 bridgehead atoms. The maximum Gasteiger partial charge on any atom is 0.241 e. The van der Waals surface area contributed by atoms with Crippen molar-refractivity contribution in [2.45, 2.75) is 39.4 Å². The molecule has 0 atom stereocenters. The molecule has 16 heavy (non-hydrogen) atoms. The van der Waals surface area contributed by atoms with E-state index >= 15 is 0 Å². The number of ketones is 1. The topological polar surface area (TPSA) is 35.5 Å². The van der Waals surface area contributed by atoms with Crippen LogP contribution in [0.1, 0.15) is 19.8 Å². The lowest BCUT2D eigenvalue weighted by Gasteiger charge is -2.19. The zero-order chi connectivity index (χ0) is 12.2. The summed E-state index contributed by atoms with van der Waals surface area (Å²) in [5.74, 6) is 0.811. The van der Waals surface area contributed by atoms with Crippen LogP contribution < -0.4 is 0 Å². The van der Waals surface area contributed by atoms with Gasteiger partial charge in [-0.1, -0.05) is 0 Å². The Kier molecular flexibility index (Phi) is 4.35. The summed E-state index contributed by atoms with van der Waals surface area (Å²) in [6.07, 6.45) is 4.73. The van der Waals surface area contributed by atoms with Gasteiger partial charge >= 0.3 is 0 Å². The summed E-state index contributed by atoms with van der Waals surface area (Å²) in [4.78, 5) is 11.7. The highest BCUT2D eigenvalue weighted by Gasteiger charge is 2.19. The first-order valence-corrected chi connectivity index (χ1v) is 9.08. The highest BCUT2D eigenvalue weighted by Crippen LogP contribution is 2.21. The first-order valence-electron chi connectivity index (χ1n) is 5.67. The normalized spacial score (nSPS) is 19.6. The van der Waals surface area contributed by atoms with E-state index < -0.39 is 8.32 Å². The molecule has 90 valence electrons. The Morgan fingerprint density at radius 2 is 2.06 bits per heavy atom. The van der Waals surface area contributed by atoms with Crippen LogP contribution in [0.3, 0.4) is 0 Å². The van der Waals surface area contributed by atoms with Gasteiger partial charge in [0, 0.05) is 18.1 Å². The van der Waals surface area contributed by atoms with Gasteiger partial charge < -0.3 is 9.16 Å². The molecule has 0 aromatic rings. The van der Waals surface area contributed by atoms with Gasteiger partial charge in [0.05, 0.1) is 12.9 Å². The summed E-state index contributed by atoms with van der Waals surface area (Å²) in [6, 6.07) is 0. The molecule has 0 aromatic carbocycles. The average Bonchev–Trinajstić information content (AvgIpc) is 2.15. The van der Waals surface area contributed by atoms with Gasteiger partial charge in [0.2, 0.25) is 8.32 Å². The number of carbonyl (C=O) groups is 1. The summed E-state index contributed by atoms with van der Waals surface area (Å²) in [5.41, 5.74) is 0.755. The van der Waals surface area contributed by atoms with Crippen molar-refractivity contribution in [3.8, 4) is 0 Å². The number of hydrogen-bond acceptors (Lipinski definition) is 3. The number of allylic oxidation sites excluding steroid dienone is 3. The molecule has 0 heterocycles. The minimum Gasteiger partial charge on any atom is -0.549 e. The summed E-state index contributed by atoms with van der Waals surface area (Å²) < 4.78 is 10.9. The largest absolute Gasteiger partial charge is 0.549 e. The van der Waals surface area contributed by atoms with Crippen molar-refractivity contribution in [2.24, 2.45) is 0 Å². The molecule has 0 aliphatic heterocycles. The van der Waals surface area contributed by atoms with Gasteiger partial charge in [0.1, 0.15) is 5.76 Å². The smallest absolute Gasteiger partial charge is 0.241 e. The molecule has 4 heteroatoms. The molecule has 3 nitrogen and oxygen atoms in total. The fourth-order valence-corrected chi connectivity index (χ4v) is 1.85. The molecule has 0 spiro atoms. The van der Waals surface area contributed by atoms with Crippen molar-refractivity contribution in [3.63, 3.8) is 0 Å². The second-order valence-electron chi connectivity index (χ2n) is 4.78. The van der Waals surface area contributed by atoms with Gasteiger partial charge in [0.25, 0.3) is 0 Å². The fourth-order valence-electron chi connectivity index (χ4n) is 1.36. The van der Waals surface area contributed by atoms with Crippen LogP contribution in [-0.2, 0) is 14.0 Å². The van der Waals surface area contributed by atoms with Crippen LogP contribution in [-0.4, -0.2) is 20.7 Å². The second kappa shape index (κ2) is 5.34. The first-order chi connectivity index (χ1) is 7.42. The van der Waals surface area contributed by atoms with E-state index in [0.29, 0.717) is 6.61 Å². The Labute approximate surface area is 98.3 Å². The van der Waals surface area contributed by atoms with Crippen molar-refractivity contribution >= 4 is 14.1 Å². The molecule has 0 unspecified atom stereocenters. The van der Waals surface area contributed by atoms with E-state index in [1.807, 2.05) is 6.92 Å². The van der Waals surface area contributed by atoms with E-state index in [-0.39, 0.29) is 5.78 Å². The summed E-state index contributed by atoms with van der Waals surface area (Å²) in [5, 5.41) is 0. The van der Waals surface area contributed by atoms with Gasteiger partial charge in [-0.15, -0.1) is 0 Å². The average molecular weight is 240 g/mol. The maximum atomic E-state index is 11.7. The van der Waals surface area contributed by atoms with Crippen molar-refractivity contribution in [3.05, 3.63) is 23.7 Å². The van der Waals surface area contributed by atoms with Crippen LogP contribution in [0, 0.1) is 0 Å². The Morgan fingerprint density at radius 3 is 2.56 bits per heavy atom. The lowest BCUT2D eigenvalue weighted by molar-refractivity contribution is -0.112. The van der Waals surface area contributed by atoms with Gasteiger partial charge in [0.15, 0.2) is 5.78 Å². The van der Waals surface area contributed by atoms with Crippen molar-refractivity contribution in [1.82, 2.24) is 0 Å². The van der Waals surface area contributed by atoms with Crippen LogP contribution in [0.5, 0.6) is 0 Å². The van der Waals surface area contributed by atoms with Crippen LogP contribution in [0.2, 0.25) is 19.6 Å². The van der Waals surface area contributed by atoms with Crippen molar-refractivity contribution < 1.29 is 14.0 Å². The van der Waals surface area contributed by atoms with Crippen LogP contribution in [0.25, 0.3) is 0 Å². The number of ether oxygens (including phenoxy) is 1. The maximum absolute atomic E-state index is 11.7. The van der Waals surface area contributed by atoms with Crippen molar-refractivity contribution in [1.29, 1.82) is 0 Å². The molecule has 1 rings (SSSR count). The standard InChI is InChI=1S/C12H20O3Si/c1-5-14-11-7-6-10(12(13)8-11)9-15-16(2,3)4/h8-9H,5-7H2,1-4H3/b10-9+. The molecule has 0 fully saturated rings. The molecular weight excluding hydrogens is 220 g/mol. The van der Waals surface area contributed by atoms with Gasteiger partial charge in [-0.25, -0.2) is 0 Å². The predicted octanol–water partition coefficient (Wildman–Crippen LogP) is 3.01. The van der Waals surface area contributed by atoms with Crippen molar-refractivity contribution in [2.75, 3.05) is 6.61 Å². The molecule has 0 radical (unpaired) electrons. The molecule has 1 aliphatic carbocycles. The van der Waals surface area contributed by atoms with E-state index in [1.54, 1.807) is 12.3 Å². The van der Waals surface area contributed by atoms with E-state index in [9.17, 15) is 4.79 Å². The summed E-state index contributed by atoms with van der Waals surface area (Å²) >= 11 is 0. The zero-order valence-corrected chi connectivity index (χ0v) is 11.5. The third-order valence-corrected chi connectivity index (χ3v) is 2.96. The Balaban J connectivity index is 2.64. The Hall–Kier alpha value is -1.03. The fraction of sp³-hybridized carbons (Fsp3) is 0.583. The lowest BCUT2D eigenvalue weighted by Crippen LogP contribution is -2.23. The zero-order valence-electron chi connectivity index (χ0n) is 10.5. The number of hydrogen-bond donors (Lipinski definition) is 0. The molecule has 0 amide bonds. The quantitative estimate of drug-likeness (QED) is 0.430. The Morgan fingerprint density at radius 1 is 1.38 bits per heavy atom. The molecule has 0 saturated carbocycles. The lowest BCUT2D eigenvalue weighted by atomic mass is 10.00.